The Balaban J connectivity index is 1.80. The number of alkyl halides is 3. The van der Waals surface area contributed by atoms with E-state index in [4.69, 9.17) is 0 Å². The van der Waals surface area contributed by atoms with Crippen molar-refractivity contribution in [1.82, 2.24) is 0 Å². The first-order valence-electron chi connectivity index (χ1n) is 5.70. The Morgan fingerprint density at radius 1 is 1.26 bits per heavy atom. The topological polar surface area (TPSA) is 21.3 Å². The number of hydrogen-bond donors (Lipinski definition) is 1. The van der Waals surface area contributed by atoms with Gasteiger partial charge in [0.1, 0.15) is 5.75 Å². The van der Waals surface area contributed by atoms with E-state index in [-0.39, 0.29) is 11.8 Å². The van der Waals surface area contributed by atoms with Crippen LogP contribution in [0.1, 0.15) is 16.5 Å². The second-order valence-electron chi connectivity index (χ2n) is 4.28. The van der Waals surface area contributed by atoms with Gasteiger partial charge in [-0.2, -0.15) is 0 Å². The summed E-state index contributed by atoms with van der Waals surface area (Å²) in [6.45, 7) is 0. The second-order valence-corrected chi connectivity index (χ2v) is 5.26. The number of rotatable bonds is 2. The van der Waals surface area contributed by atoms with Crippen molar-refractivity contribution in [3.8, 4) is 5.75 Å². The van der Waals surface area contributed by atoms with Crippen LogP contribution in [0.2, 0.25) is 0 Å². The highest BCUT2D eigenvalue weighted by molar-refractivity contribution is 7.10. The lowest BCUT2D eigenvalue weighted by Gasteiger charge is -2.09. The molecule has 0 radical (unpaired) electrons. The summed E-state index contributed by atoms with van der Waals surface area (Å²) >= 11 is 1.63. The molecule has 1 unspecified atom stereocenters. The molecule has 2 heterocycles. The van der Waals surface area contributed by atoms with Crippen LogP contribution in [0.5, 0.6) is 5.75 Å². The monoisotopic (exact) mass is 285 g/mol. The summed E-state index contributed by atoms with van der Waals surface area (Å²) in [5.41, 5.74) is 1.72. The molecule has 2 nitrogen and oxygen atoms in total. The van der Waals surface area contributed by atoms with E-state index < -0.39 is 6.36 Å². The molecule has 0 amide bonds. The fourth-order valence-corrected chi connectivity index (χ4v) is 2.97. The number of thiophene rings is 1. The smallest absolute Gasteiger partial charge is 0.406 e. The Morgan fingerprint density at radius 2 is 2.11 bits per heavy atom. The van der Waals surface area contributed by atoms with Crippen molar-refractivity contribution >= 4 is 17.0 Å². The molecule has 0 spiro atoms. The Labute approximate surface area is 111 Å². The summed E-state index contributed by atoms with van der Waals surface area (Å²) in [5.74, 6) is -0.167. The lowest BCUT2D eigenvalue weighted by molar-refractivity contribution is -0.274. The fourth-order valence-electron chi connectivity index (χ4n) is 2.20. The van der Waals surface area contributed by atoms with Gasteiger partial charge < -0.3 is 10.1 Å². The zero-order valence-corrected chi connectivity index (χ0v) is 10.5. The van der Waals surface area contributed by atoms with E-state index in [1.165, 1.54) is 17.0 Å². The molecule has 19 heavy (non-hydrogen) atoms. The van der Waals surface area contributed by atoms with Gasteiger partial charge >= 0.3 is 6.36 Å². The van der Waals surface area contributed by atoms with Gasteiger partial charge in [0.15, 0.2) is 0 Å². The Hall–Kier alpha value is -1.69. The fraction of sp³-hybridized carbons (Fsp3) is 0.231. The lowest BCUT2D eigenvalue weighted by atomic mass is 10.1. The maximum absolute atomic E-state index is 12.2. The van der Waals surface area contributed by atoms with Crippen LogP contribution in [0.25, 0.3) is 0 Å². The minimum absolute atomic E-state index is 0.135. The van der Waals surface area contributed by atoms with Crippen molar-refractivity contribution in [3.63, 3.8) is 0 Å². The molecule has 0 fully saturated rings. The third-order valence-corrected chi connectivity index (χ3v) is 3.94. The number of halogens is 3. The van der Waals surface area contributed by atoms with Crippen molar-refractivity contribution < 1.29 is 17.9 Å². The van der Waals surface area contributed by atoms with E-state index in [9.17, 15) is 13.2 Å². The molecule has 1 aromatic heterocycles. The van der Waals surface area contributed by atoms with Gasteiger partial charge in [0, 0.05) is 10.6 Å². The SMILES string of the molecule is FC(F)(F)Oc1ccc2c(c1)CC(c1cccs1)N2. The number of fused-ring (bicyclic) bond motifs is 1. The van der Waals surface area contributed by atoms with Crippen LogP contribution >= 0.6 is 11.3 Å². The molecule has 0 saturated carbocycles. The average molecular weight is 285 g/mol. The van der Waals surface area contributed by atoms with Crippen LogP contribution < -0.4 is 10.1 Å². The summed E-state index contributed by atoms with van der Waals surface area (Å²) in [5, 5.41) is 5.28. The summed E-state index contributed by atoms with van der Waals surface area (Å²) < 4.78 is 40.4. The number of nitrogens with one attached hydrogen (secondary N) is 1. The Bertz CT molecular complexity index is 580. The van der Waals surface area contributed by atoms with Crippen LogP contribution in [-0.2, 0) is 6.42 Å². The van der Waals surface area contributed by atoms with Gasteiger partial charge in [-0.3, -0.25) is 0 Å². The summed E-state index contributed by atoms with van der Waals surface area (Å²) in [7, 11) is 0. The van der Waals surface area contributed by atoms with Crippen molar-refractivity contribution in [2.45, 2.75) is 18.8 Å². The van der Waals surface area contributed by atoms with E-state index in [1.807, 2.05) is 17.5 Å². The van der Waals surface area contributed by atoms with Crippen molar-refractivity contribution in [1.29, 1.82) is 0 Å². The molecule has 6 heteroatoms. The largest absolute Gasteiger partial charge is 0.573 e. The highest BCUT2D eigenvalue weighted by Crippen LogP contribution is 2.38. The molecule has 1 aliphatic heterocycles. The molecule has 0 aliphatic carbocycles. The number of ether oxygens (including phenoxy) is 1. The minimum Gasteiger partial charge on any atom is -0.406 e. The highest BCUT2D eigenvalue weighted by Gasteiger charge is 2.32. The van der Waals surface area contributed by atoms with Crippen LogP contribution in [0.3, 0.4) is 0 Å². The molecule has 100 valence electrons. The van der Waals surface area contributed by atoms with Crippen LogP contribution in [0.15, 0.2) is 35.7 Å². The standard InChI is InChI=1S/C13H10F3NOS/c14-13(15,16)18-9-3-4-10-8(6-9)7-11(17-10)12-2-1-5-19-12/h1-6,11,17H,7H2. The molecule has 0 bridgehead atoms. The number of hydrogen-bond acceptors (Lipinski definition) is 3. The predicted molar refractivity (Wildman–Crippen MR) is 67.5 cm³/mol. The van der Waals surface area contributed by atoms with Gasteiger partial charge in [-0.1, -0.05) is 6.07 Å². The first-order valence-corrected chi connectivity index (χ1v) is 6.58. The maximum Gasteiger partial charge on any atom is 0.573 e. The highest BCUT2D eigenvalue weighted by atomic mass is 32.1. The number of benzene rings is 1. The Kier molecular flexibility index (Phi) is 2.89. The lowest BCUT2D eigenvalue weighted by Crippen LogP contribution is -2.17. The molecule has 1 aromatic carbocycles. The van der Waals surface area contributed by atoms with Crippen LogP contribution in [0, 0.1) is 0 Å². The zero-order chi connectivity index (χ0) is 13.5. The van der Waals surface area contributed by atoms with Gasteiger partial charge in [0.25, 0.3) is 0 Å². The van der Waals surface area contributed by atoms with E-state index in [0.29, 0.717) is 6.42 Å². The van der Waals surface area contributed by atoms with Gasteiger partial charge in [-0.25, -0.2) is 0 Å². The average Bonchev–Trinajstić information content (AvgIpc) is 2.94. The second kappa shape index (κ2) is 4.45. The normalized spacial score (nSPS) is 17.9. The van der Waals surface area contributed by atoms with Crippen molar-refractivity contribution in [2.75, 3.05) is 5.32 Å². The van der Waals surface area contributed by atoms with E-state index in [1.54, 1.807) is 17.4 Å². The van der Waals surface area contributed by atoms with Crippen LogP contribution in [-0.4, -0.2) is 6.36 Å². The Morgan fingerprint density at radius 3 is 2.79 bits per heavy atom. The van der Waals surface area contributed by atoms with Crippen LogP contribution in [0.4, 0.5) is 18.9 Å². The molecule has 2 aromatic rings. The van der Waals surface area contributed by atoms with Gasteiger partial charge in [-0.15, -0.1) is 24.5 Å². The van der Waals surface area contributed by atoms with Gasteiger partial charge in [0.05, 0.1) is 6.04 Å². The first-order chi connectivity index (χ1) is 9.01. The maximum atomic E-state index is 12.2. The third kappa shape index (κ3) is 2.68. The predicted octanol–water partition coefficient (Wildman–Crippen LogP) is 4.36. The molecule has 3 rings (SSSR count). The summed E-state index contributed by atoms with van der Waals surface area (Å²) in [4.78, 5) is 1.18. The minimum atomic E-state index is -4.65. The first kappa shape index (κ1) is 12.3. The van der Waals surface area contributed by atoms with E-state index in [0.717, 1.165) is 11.3 Å². The molecule has 1 N–H and O–H groups in total. The molecular weight excluding hydrogens is 275 g/mol. The van der Waals surface area contributed by atoms with Gasteiger partial charge in [-0.05, 0) is 41.6 Å². The molecule has 0 saturated heterocycles. The summed E-state index contributed by atoms with van der Waals surface area (Å²) in [6, 6.07) is 8.52. The van der Waals surface area contributed by atoms with E-state index in [2.05, 4.69) is 10.1 Å². The van der Waals surface area contributed by atoms with Gasteiger partial charge in [0.2, 0.25) is 0 Å². The van der Waals surface area contributed by atoms with Crippen molar-refractivity contribution in [2.24, 2.45) is 0 Å². The van der Waals surface area contributed by atoms with E-state index >= 15 is 0 Å². The third-order valence-electron chi connectivity index (χ3n) is 2.95. The molecular formula is C13H10F3NOS. The van der Waals surface area contributed by atoms with Crippen molar-refractivity contribution in [3.05, 3.63) is 46.2 Å². The summed E-state index contributed by atoms with van der Waals surface area (Å²) in [6.07, 6.45) is -3.97. The zero-order valence-electron chi connectivity index (χ0n) is 9.70. The molecule has 1 aliphatic rings. The number of anilines is 1. The quantitative estimate of drug-likeness (QED) is 0.885. The molecule has 1 atom stereocenters.